The number of nitrogens with one attached hydrogen (secondary N) is 1. The molecule has 2 fully saturated rings. The Morgan fingerprint density at radius 3 is 2.18 bits per heavy atom. The number of halogens is 1. The third-order valence-electron chi connectivity index (χ3n) is 8.87. The maximum Gasteiger partial charge on any atom is 0.421 e. The van der Waals surface area contributed by atoms with Crippen molar-refractivity contribution in [2.75, 3.05) is 18.0 Å². The summed E-state index contributed by atoms with van der Waals surface area (Å²) in [7, 11) is 0. The maximum atomic E-state index is 12.1. The predicted octanol–water partition coefficient (Wildman–Crippen LogP) is 7.62. The van der Waals surface area contributed by atoms with Gasteiger partial charge in [-0.3, -0.25) is 9.59 Å². The Morgan fingerprint density at radius 1 is 1.00 bits per heavy atom. The minimum atomic E-state index is -0.558. The van der Waals surface area contributed by atoms with E-state index in [1.807, 2.05) is 6.20 Å². The van der Waals surface area contributed by atoms with Crippen LogP contribution in [0, 0.1) is 24.2 Å². The molecule has 0 aliphatic heterocycles. The number of aromatic nitrogens is 7. The smallest absolute Gasteiger partial charge is 0.421 e. The number of Topliss-reactive ketones (excluding diaryl/α,β-unsaturated/α-hetero) is 2. The van der Waals surface area contributed by atoms with Gasteiger partial charge in [0.05, 0.1) is 24.1 Å². The molecule has 0 atom stereocenters. The van der Waals surface area contributed by atoms with Gasteiger partial charge >= 0.3 is 6.09 Å². The number of carbonyl (C=O) groups is 3. The third-order valence-corrected chi connectivity index (χ3v) is 8.87. The molecule has 3 heterocycles. The minimum absolute atomic E-state index is 0. The van der Waals surface area contributed by atoms with E-state index in [4.69, 9.17) is 28.2 Å². The predicted molar refractivity (Wildman–Crippen MR) is 216 cm³/mol. The zero-order chi connectivity index (χ0) is 38.6. The molecule has 55 heavy (non-hydrogen) atoms. The van der Waals surface area contributed by atoms with Gasteiger partial charge in [-0.1, -0.05) is 69.1 Å². The largest absolute Gasteiger partial charge is 0.443 e. The first-order valence-electron chi connectivity index (χ1n) is 18.6. The number of nitrogens with zero attached hydrogens (tertiary/aromatic N) is 9. The molecule has 304 valence electrons. The molecule has 2 aliphatic carbocycles. The summed E-state index contributed by atoms with van der Waals surface area (Å²) < 4.78 is 8.10. The summed E-state index contributed by atoms with van der Waals surface area (Å²) >= 11 is 0. The van der Waals surface area contributed by atoms with Crippen molar-refractivity contribution in [2.45, 2.75) is 143 Å². The van der Waals surface area contributed by atoms with Crippen molar-refractivity contribution >= 4 is 42.0 Å². The van der Waals surface area contributed by atoms with Crippen molar-refractivity contribution in [1.82, 2.24) is 34.5 Å². The Labute approximate surface area is 331 Å². The molecular formula is C38H61ClN12O4. The second-order valence-electron chi connectivity index (χ2n) is 14.7. The van der Waals surface area contributed by atoms with Gasteiger partial charge in [0.25, 0.3) is 0 Å². The van der Waals surface area contributed by atoms with Crippen LogP contribution >= 0.6 is 12.4 Å². The molecule has 17 heteroatoms. The molecule has 0 spiro atoms. The van der Waals surface area contributed by atoms with Gasteiger partial charge in [0.2, 0.25) is 5.95 Å². The van der Waals surface area contributed by atoms with Crippen molar-refractivity contribution in [3.05, 3.63) is 46.1 Å². The Balaban J connectivity index is 0.000000425. The SMILES string of the molecule is C.C#CCCCc1cn(C(=O)OC(C)(C)C)c(N)n1.Cl.Nc1ncc(CCCc2cn(CC(=O)CC3CCCC3)nn2)[nH]1.[N-]=[N+]=NCC(=O)CC1CCCC1. The van der Waals surface area contributed by atoms with Gasteiger partial charge in [0.1, 0.15) is 17.9 Å². The van der Waals surface area contributed by atoms with E-state index in [2.05, 4.69) is 41.2 Å². The monoisotopic (exact) mass is 784 g/mol. The highest BCUT2D eigenvalue weighted by Crippen LogP contribution is 2.28. The zero-order valence-electron chi connectivity index (χ0n) is 31.9. The fourth-order valence-corrected chi connectivity index (χ4v) is 6.38. The normalized spacial score (nSPS) is 13.8. The molecule has 2 saturated carbocycles. The van der Waals surface area contributed by atoms with Crippen molar-refractivity contribution in [1.29, 1.82) is 0 Å². The van der Waals surface area contributed by atoms with Gasteiger partial charge in [-0.2, -0.15) is 0 Å². The molecule has 3 aromatic rings. The average molecular weight is 785 g/mol. The number of nitrogen functional groups attached to an aromatic ring is 2. The summed E-state index contributed by atoms with van der Waals surface area (Å²) in [5, 5.41) is 11.5. The van der Waals surface area contributed by atoms with Crippen LogP contribution in [0.5, 0.6) is 0 Å². The lowest BCUT2D eigenvalue weighted by Gasteiger charge is -2.19. The lowest BCUT2D eigenvalue weighted by atomic mass is 10.0. The summed E-state index contributed by atoms with van der Waals surface area (Å²) in [6.07, 6.45) is 25.8. The number of unbranched alkanes of at least 4 members (excludes halogenated alkanes) is 1. The standard InChI is InChI=1S/C16H24N6O.C13H19N3O2.C8H13N3O.CH4.ClH/c17-16-18-9-13(19-16)6-3-7-14-10-22(21-20-14)11-15(23)8-12-4-1-2-5-12;1-5-6-7-8-10-9-16(11(14)15-10)12(17)18-13(2,3)4;9-11-10-6-8(12)5-7-3-1-2-4-7;;/h9-10,12H,1-8,11H2,(H3,17,18,19);1,9H,6-8H2,2-4H3,(H2,14,15);7H,1-6H2;1H4;1H. The van der Waals surface area contributed by atoms with E-state index in [1.54, 1.807) is 37.8 Å². The van der Waals surface area contributed by atoms with Gasteiger partial charge < -0.3 is 21.2 Å². The van der Waals surface area contributed by atoms with E-state index >= 15 is 0 Å². The van der Waals surface area contributed by atoms with Crippen molar-refractivity contribution < 1.29 is 19.1 Å². The van der Waals surface area contributed by atoms with Crippen LogP contribution in [0.4, 0.5) is 16.7 Å². The Bertz CT molecular complexity index is 1680. The van der Waals surface area contributed by atoms with E-state index in [0.29, 0.717) is 50.0 Å². The highest BCUT2D eigenvalue weighted by molar-refractivity contribution is 5.85. The molecule has 0 amide bonds. The second-order valence-corrected chi connectivity index (χ2v) is 14.7. The summed E-state index contributed by atoms with van der Waals surface area (Å²) in [5.41, 5.74) is 21.3. The number of rotatable bonds is 15. The number of hydrogen-bond acceptors (Lipinski definition) is 11. The summed E-state index contributed by atoms with van der Waals surface area (Å²) in [6.45, 7) is 5.77. The van der Waals surface area contributed by atoms with Crippen LogP contribution in [0.1, 0.15) is 129 Å². The number of hydrogen-bond donors (Lipinski definition) is 3. The number of aromatic amines is 1. The topological polar surface area (TPSA) is 238 Å². The van der Waals surface area contributed by atoms with E-state index in [9.17, 15) is 14.4 Å². The Morgan fingerprint density at radius 2 is 1.62 bits per heavy atom. The van der Waals surface area contributed by atoms with Crippen LogP contribution in [0.2, 0.25) is 0 Å². The Hall–Kier alpha value is -4.87. The molecule has 5 rings (SSSR count). The van der Waals surface area contributed by atoms with E-state index in [1.165, 1.54) is 55.9 Å². The molecule has 0 radical (unpaired) electrons. The van der Waals surface area contributed by atoms with Crippen LogP contribution in [0.25, 0.3) is 10.4 Å². The zero-order valence-corrected chi connectivity index (χ0v) is 32.7. The lowest BCUT2D eigenvalue weighted by Crippen LogP contribution is -2.27. The molecular weight excluding hydrogens is 724 g/mol. The van der Waals surface area contributed by atoms with E-state index in [0.717, 1.165) is 42.8 Å². The van der Waals surface area contributed by atoms with Gasteiger partial charge in [0, 0.05) is 42.3 Å². The highest BCUT2D eigenvalue weighted by atomic mass is 35.5. The molecule has 0 bridgehead atoms. The first kappa shape index (κ1) is 48.1. The first-order chi connectivity index (χ1) is 25.3. The first-order valence-corrected chi connectivity index (χ1v) is 18.6. The molecule has 0 unspecified atom stereocenters. The molecule has 3 aromatic heterocycles. The van der Waals surface area contributed by atoms with Gasteiger partial charge in [-0.15, -0.1) is 29.8 Å². The number of anilines is 2. The van der Waals surface area contributed by atoms with Crippen LogP contribution in [-0.4, -0.2) is 64.3 Å². The van der Waals surface area contributed by atoms with E-state index < -0.39 is 11.7 Å². The van der Waals surface area contributed by atoms with Crippen LogP contribution in [0.15, 0.2) is 23.7 Å². The molecule has 0 saturated heterocycles. The lowest BCUT2D eigenvalue weighted by molar-refractivity contribution is -0.121. The van der Waals surface area contributed by atoms with E-state index in [-0.39, 0.29) is 43.9 Å². The number of terminal acetylenes is 1. The maximum absolute atomic E-state index is 12.1. The molecule has 0 aromatic carbocycles. The number of H-pyrrole nitrogens is 1. The average Bonchev–Trinajstić information content (AvgIpc) is 3.94. The van der Waals surface area contributed by atoms with Crippen molar-refractivity contribution in [2.24, 2.45) is 17.0 Å². The Kier molecular flexibility index (Phi) is 22.1. The number of nitrogens with two attached hydrogens (primary N) is 2. The van der Waals surface area contributed by atoms with Crippen LogP contribution in [0.3, 0.4) is 0 Å². The number of carbonyl (C=O) groups excluding carboxylic acids is 3. The molecule has 16 nitrogen and oxygen atoms in total. The summed E-state index contributed by atoms with van der Waals surface area (Å²) in [4.78, 5) is 48.6. The summed E-state index contributed by atoms with van der Waals surface area (Å²) in [5.74, 6) is 4.64. The van der Waals surface area contributed by atoms with Crippen LogP contribution in [-0.2, 0) is 40.1 Å². The number of aryl methyl sites for hydroxylation is 3. The number of imidazole rings is 2. The van der Waals surface area contributed by atoms with Crippen molar-refractivity contribution in [3.63, 3.8) is 0 Å². The second kappa shape index (κ2) is 25.3. The number of azide groups is 1. The van der Waals surface area contributed by atoms with Crippen LogP contribution < -0.4 is 11.5 Å². The number of ether oxygens (including phenoxy) is 1. The minimum Gasteiger partial charge on any atom is -0.443 e. The van der Waals surface area contributed by atoms with Gasteiger partial charge in [-0.05, 0) is 70.2 Å². The summed E-state index contributed by atoms with van der Waals surface area (Å²) in [6, 6.07) is 0. The fraction of sp³-hybridized carbons (Fsp3) is 0.658. The molecule has 2 aliphatic rings. The van der Waals surface area contributed by atoms with Gasteiger partial charge in [0.15, 0.2) is 11.7 Å². The third kappa shape index (κ3) is 19.3. The molecule has 5 N–H and O–H groups in total. The highest BCUT2D eigenvalue weighted by Gasteiger charge is 2.21. The number of ketones is 2. The van der Waals surface area contributed by atoms with Gasteiger partial charge in [-0.25, -0.2) is 24.0 Å². The fourth-order valence-electron chi connectivity index (χ4n) is 6.38. The quantitative estimate of drug-likeness (QED) is 0.0448. The van der Waals surface area contributed by atoms with Crippen molar-refractivity contribution in [3.8, 4) is 12.3 Å².